The monoisotopic (exact) mass is 282 g/mol. The quantitative estimate of drug-likeness (QED) is 0.719. The molecule has 1 unspecified atom stereocenters. The standard InChI is InChI=1S/C13H19N2O3P/c1-3-13(4-2,19(16,17)18)11-7-5-10(6-8-11)12(15)9-14/h5-8,12H,3-4,15H2,1-2H3,(H2,16,17,18). The second-order valence-electron chi connectivity index (χ2n) is 4.51. The van der Waals surface area contributed by atoms with Gasteiger partial charge in [-0.2, -0.15) is 5.26 Å². The average molecular weight is 282 g/mol. The number of nitrogens with zero attached hydrogens (tertiary/aromatic N) is 1. The van der Waals surface area contributed by atoms with E-state index in [2.05, 4.69) is 0 Å². The van der Waals surface area contributed by atoms with Crippen molar-refractivity contribution in [1.29, 1.82) is 5.26 Å². The highest BCUT2D eigenvalue weighted by atomic mass is 31.2. The molecule has 4 N–H and O–H groups in total. The molecular formula is C13H19N2O3P. The van der Waals surface area contributed by atoms with E-state index in [1.54, 1.807) is 38.1 Å². The first-order valence-electron chi connectivity index (χ1n) is 6.13. The van der Waals surface area contributed by atoms with Gasteiger partial charge in [-0.15, -0.1) is 0 Å². The maximum Gasteiger partial charge on any atom is 0.335 e. The molecule has 0 bridgehead atoms. The van der Waals surface area contributed by atoms with Gasteiger partial charge in [-0.25, -0.2) is 0 Å². The van der Waals surface area contributed by atoms with Crippen LogP contribution in [0.15, 0.2) is 24.3 Å². The van der Waals surface area contributed by atoms with Crippen molar-refractivity contribution < 1.29 is 14.4 Å². The molecule has 0 saturated heterocycles. The van der Waals surface area contributed by atoms with Crippen molar-refractivity contribution >= 4 is 7.60 Å². The van der Waals surface area contributed by atoms with Gasteiger partial charge in [-0.3, -0.25) is 4.57 Å². The first-order chi connectivity index (χ1) is 8.82. The summed E-state index contributed by atoms with van der Waals surface area (Å²) in [5.74, 6) is 0. The summed E-state index contributed by atoms with van der Waals surface area (Å²) in [6.07, 6.45) is 0.689. The van der Waals surface area contributed by atoms with Crippen molar-refractivity contribution in [3.05, 3.63) is 35.4 Å². The van der Waals surface area contributed by atoms with Crippen molar-refractivity contribution in [2.24, 2.45) is 5.73 Å². The van der Waals surface area contributed by atoms with Gasteiger partial charge < -0.3 is 15.5 Å². The third kappa shape index (κ3) is 2.88. The highest BCUT2D eigenvalue weighted by Crippen LogP contribution is 2.60. The summed E-state index contributed by atoms with van der Waals surface area (Å²) in [5, 5.41) is 7.58. The maximum atomic E-state index is 11.8. The van der Waals surface area contributed by atoms with E-state index in [9.17, 15) is 14.4 Å². The molecule has 0 aliphatic rings. The molecule has 0 amide bonds. The SMILES string of the molecule is CCC(CC)(c1ccc(C(N)C#N)cc1)P(=O)(O)O. The third-order valence-electron chi connectivity index (χ3n) is 3.67. The molecule has 6 heteroatoms. The Morgan fingerprint density at radius 3 is 2.11 bits per heavy atom. The van der Waals surface area contributed by atoms with E-state index in [0.717, 1.165) is 0 Å². The van der Waals surface area contributed by atoms with Crippen molar-refractivity contribution in [1.82, 2.24) is 0 Å². The Kier molecular flexibility index (Phi) is 4.89. The highest BCUT2D eigenvalue weighted by molar-refractivity contribution is 7.53. The highest BCUT2D eigenvalue weighted by Gasteiger charge is 2.45. The lowest BCUT2D eigenvalue weighted by Gasteiger charge is -2.33. The summed E-state index contributed by atoms with van der Waals surface area (Å²) in [4.78, 5) is 19.3. The molecular weight excluding hydrogens is 263 g/mol. The molecule has 0 saturated carbocycles. The summed E-state index contributed by atoms with van der Waals surface area (Å²) in [5.41, 5.74) is 6.81. The van der Waals surface area contributed by atoms with Gasteiger partial charge >= 0.3 is 7.60 Å². The van der Waals surface area contributed by atoms with E-state index in [-0.39, 0.29) is 0 Å². The van der Waals surface area contributed by atoms with Crippen molar-refractivity contribution in [3.63, 3.8) is 0 Å². The van der Waals surface area contributed by atoms with Crippen LogP contribution in [0, 0.1) is 11.3 Å². The predicted molar refractivity (Wildman–Crippen MR) is 73.3 cm³/mol. The van der Waals surface area contributed by atoms with Crippen molar-refractivity contribution in [2.45, 2.75) is 37.9 Å². The van der Waals surface area contributed by atoms with Crippen LogP contribution in [0.25, 0.3) is 0 Å². The van der Waals surface area contributed by atoms with Gasteiger partial charge in [0.15, 0.2) is 0 Å². The number of benzene rings is 1. The third-order valence-corrected chi connectivity index (χ3v) is 5.68. The molecule has 5 nitrogen and oxygen atoms in total. The molecule has 104 valence electrons. The van der Waals surface area contributed by atoms with Crippen LogP contribution in [0.3, 0.4) is 0 Å². The van der Waals surface area contributed by atoms with Gasteiger partial charge in [0.2, 0.25) is 0 Å². The molecule has 0 aliphatic heterocycles. The van der Waals surface area contributed by atoms with Crippen LogP contribution < -0.4 is 5.73 Å². The van der Waals surface area contributed by atoms with E-state index in [0.29, 0.717) is 24.0 Å². The van der Waals surface area contributed by atoms with Crippen LogP contribution >= 0.6 is 7.60 Å². The number of nitriles is 1. The van der Waals surface area contributed by atoms with Crippen LogP contribution in [-0.4, -0.2) is 9.79 Å². The van der Waals surface area contributed by atoms with E-state index in [4.69, 9.17) is 11.0 Å². The summed E-state index contributed by atoms with van der Waals surface area (Å²) in [7, 11) is -4.27. The average Bonchev–Trinajstić information content (AvgIpc) is 2.39. The number of hydrogen-bond donors (Lipinski definition) is 3. The summed E-state index contributed by atoms with van der Waals surface area (Å²) < 4.78 is 11.8. The normalized spacial score (nSPS) is 13.9. The van der Waals surface area contributed by atoms with Crippen molar-refractivity contribution in [3.8, 4) is 6.07 Å². The fourth-order valence-corrected chi connectivity index (χ4v) is 3.62. The molecule has 0 radical (unpaired) electrons. The van der Waals surface area contributed by atoms with Gasteiger partial charge in [0.05, 0.1) is 11.2 Å². The van der Waals surface area contributed by atoms with E-state index in [1.165, 1.54) is 0 Å². The molecule has 1 atom stereocenters. The molecule has 0 spiro atoms. The summed E-state index contributed by atoms with van der Waals surface area (Å²) in [6.45, 7) is 3.52. The van der Waals surface area contributed by atoms with Crippen LogP contribution in [-0.2, 0) is 9.72 Å². The zero-order valence-electron chi connectivity index (χ0n) is 11.1. The van der Waals surface area contributed by atoms with Crippen LogP contribution in [0.5, 0.6) is 0 Å². The Bertz CT molecular complexity index is 512. The Balaban J connectivity index is 3.28. The lowest BCUT2D eigenvalue weighted by Crippen LogP contribution is -2.24. The smallest absolute Gasteiger partial charge is 0.324 e. The van der Waals surface area contributed by atoms with Crippen LogP contribution in [0.2, 0.25) is 0 Å². The van der Waals surface area contributed by atoms with Gasteiger partial charge in [-0.1, -0.05) is 38.1 Å². The minimum Gasteiger partial charge on any atom is -0.324 e. The summed E-state index contributed by atoms with van der Waals surface area (Å²) in [6, 6.07) is 7.81. The Labute approximate surface area is 113 Å². The first kappa shape index (κ1) is 15.9. The number of nitrogens with two attached hydrogens (primary N) is 1. The molecule has 1 rings (SSSR count). The summed E-state index contributed by atoms with van der Waals surface area (Å²) >= 11 is 0. The Morgan fingerprint density at radius 1 is 1.32 bits per heavy atom. The van der Waals surface area contributed by atoms with Crippen molar-refractivity contribution in [2.75, 3.05) is 0 Å². The molecule has 0 heterocycles. The molecule has 0 fully saturated rings. The molecule has 1 aromatic rings. The van der Waals surface area contributed by atoms with Gasteiger partial charge in [0.1, 0.15) is 6.04 Å². The zero-order valence-corrected chi connectivity index (χ0v) is 12.0. The Morgan fingerprint density at radius 2 is 1.79 bits per heavy atom. The minimum absolute atomic E-state index is 0.345. The van der Waals surface area contributed by atoms with E-state index < -0.39 is 18.8 Å². The van der Waals surface area contributed by atoms with Gasteiger partial charge in [-0.05, 0) is 24.0 Å². The topological polar surface area (TPSA) is 107 Å². The number of hydrogen-bond acceptors (Lipinski definition) is 3. The van der Waals surface area contributed by atoms with E-state index in [1.807, 2.05) is 6.07 Å². The molecule has 0 aromatic heterocycles. The second-order valence-corrected chi connectivity index (χ2v) is 6.46. The first-order valence-corrected chi connectivity index (χ1v) is 7.75. The van der Waals surface area contributed by atoms with Gasteiger partial charge in [0, 0.05) is 0 Å². The maximum absolute atomic E-state index is 11.8. The minimum atomic E-state index is -4.27. The number of rotatable bonds is 5. The second kappa shape index (κ2) is 5.85. The lowest BCUT2D eigenvalue weighted by atomic mass is 9.91. The largest absolute Gasteiger partial charge is 0.335 e. The van der Waals surface area contributed by atoms with Crippen LogP contribution in [0.4, 0.5) is 0 Å². The van der Waals surface area contributed by atoms with E-state index >= 15 is 0 Å². The zero-order chi connectivity index (χ0) is 14.7. The lowest BCUT2D eigenvalue weighted by molar-refractivity contribution is 0.315. The molecule has 1 aromatic carbocycles. The predicted octanol–water partition coefficient (Wildman–Crippen LogP) is 2.40. The molecule has 0 aliphatic carbocycles. The fraction of sp³-hybridized carbons (Fsp3) is 0.462. The van der Waals surface area contributed by atoms with Crippen LogP contribution in [0.1, 0.15) is 43.9 Å². The van der Waals surface area contributed by atoms with Gasteiger partial charge in [0.25, 0.3) is 0 Å². The molecule has 19 heavy (non-hydrogen) atoms. The Hall–Kier alpha value is -1.18. The fourth-order valence-electron chi connectivity index (χ4n) is 2.31.